The summed E-state index contributed by atoms with van der Waals surface area (Å²) in [7, 11) is 0. The molecule has 0 unspecified atom stereocenters. The van der Waals surface area contributed by atoms with Gasteiger partial charge in [-0.05, 0) is 56.6 Å². The quantitative estimate of drug-likeness (QED) is 0.526. The van der Waals surface area contributed by atoms with Crippen LogP contribution in [0.15, 0.2) is 24.3 Å². The van der Waals surface area contributed by atoms with Crippen molar-refractivity contribution in [2.24, 2.45) is 0 Å². The number of unbranched alkanes of at least 4 members (excludes halogenated alkanes) is 1. The van der Waals surface area contributed by atoms with E-state index in [1.165, 1.54) is 19.3 Å². The lowest BCUT2D eigenvalue weighted by atomic mass is 10.1. The lowest BCUT2D eigenvalue weighted by Gasteiger charge is -2.25. The van der Waals surface area contributed by atoms with Gasteiger partial charge in [-0.1, -0.05) is 19.8 Å². The van der Waals surface area contributed by atoms with Gasteiger partial charge in [0, 0.05) is 18.5 Å². The summed E-state index contributed by atoms with van der Waals surface area (Å²) in [6.07, 6.45) is 6.71. The second-order valence-electron chi connectivity index (χ2n) is 5.80. The third-order valence-corrected chi connectivity index (χ3v) is 4.05. The molecule has 0 atom stereocenters. The minimum absolute atomic E-state index is 0. The van der Waals surface area contributed by atoms with Crippen LogP contribution in [0.5, 0.6) is 5.75 Å². The molecule has 3 nitrogen and oxygen atoms in total. The number of carbonyl (C=O) groups is 1. The minimum atomic E-state index is 0. The molecule has 1 saturated heterocycles. The van der Waals surface area contributed by atoms with E-state index in [4.69, 9.17) is 4.74 Å². The highest BCUT2D eigenvalue weighted by Crippen LogP contribution is 2.15. The van der Waals surface area contributed by atoms with E-state index in [1.54, 1.807) is 0 Å². The number of likely N-dealkylation sites (tertiary alicyclic amines) is 1. The molecule has 1 fully saturated rings. The number of hydrogen-bond acceptors (Lipinski definition) is 3. The Morgan fingerprint density at radius 1 is 1.14 bits per heavy atom. The molecule has 4 heteroatoms. The van der Waals surface area contributed by atoms with Gasteiger partial charge >= 0.3 is 0 Å². The smallest absolute Gasteiger partial charge is 0.164 e. The fourth-order valence-electron chi connectivity index (χ4n) is 2.66. The van der Waals surface area contributed by atoms with E-state index < -0.39 is 0 Å². The maximum Gasteiger partial charge on any atom is 0.164 e. The summed E-state index contributed by atoms with van der Waals surface area (Å²) in [6, 6.07) is 7.59. The van der Waals surface area contributed by atoms with Crippen LogP contribution in [-0.4, -0.2) is 36.9 Å². The zero-order valence-electron chi connectivity index (χ0n) is 13.5. The van der Waals surface area contributed by atoms with Crippen LogP contribution in [0, 0.1) is 0 Å². The average molecular weight is 325 g/mol. The largest absolute Gasteiger partial charge is 1.00 e. The van der Waals surface area contributed by atoms with Crippen LogP contribution in [-0.2, 0) is 0 Å². The number of halogens is 1. The molecule has 0 bridgehead atoms. The van der Waals surface area contributed by atoms with Crippen molar-refractivity contribution >= 4 is 5.78 Å². The number of hydrogen-bond donors (Lipinski definition) is 0. The molecule has 0 aliphatic carbocycles. The van der Waals surface area contributed by atoms with Gasteiger partial charge in [-0.2, -0.15) is 0 Å². The second-order valence-corrected chi connectivity index (χ2v) is 5.80. The molecule has 0 N–H and O–H groups in total. The van der Waals surface area contributed by atoms with E-state index >= 15 is 0 Å². The first kappa shape index (κ1) is 19.0. The van der Waals surface area contributed by atoms with Gasteiger partial charge in [-0.25, -0.2) is 0 Å². The lowest BCUT2D eigenvalue weighted by Crippen LogP contribution is -3.00. The number of piperidine rings is 1. The number of nitrogens with zero attached hydrogens (tertiary/aromatic N) is 1. The van der Waals surface area contributed by atoms with Gasteiger partial charge in [-0.15, -0.1) is 0 Å². The Morgan fingerprint density at radius 3 is 2.45 bits per heavy atom. The Kier molecular flexibility index (Phi) is 9.17. The normalized spacial score (nSPS) is 15.1. The van der Waals surface area contributed by atoms with Crippen LogP contribution in [0.25, 0.3) is 0 Å². The predicted molar refractivity (Wildman–Crippen MR) is 86.1 cm³/mol. The summed E-state index contributed by atoms with van der Waals surface area (Å²) in [5.41, 5.74) is 0.801. The highest BCUT2D eigenvalue weighted by atomic mass is 35.5. The minimum Gasteiger partial charge on any atom is -1.00 e. The van der Waals surface area contributed by atoms with Crippen LogP contribution in [0.3, 0.4) is 0 Å². The van der Waals surface area contributed by atoms with Crippen molar-refractivity contribution in [1.82, 2.24) is 4.90 Å². The molecule has 1 aliphatic heterocycles. The first-order valence-electron chi connectivity index (χ1n) is 8.28. The summed E-state index contributed by atoms with van der Waals surface area (Å²) in [4.78, 5) is 14.6. The summed E-state index contributed by atoms with van der Waals surface area (Å²) < 4.78 is 5.62. The molecule has 1 aromatic rings. The van der Waals surface area contributed by atoms with Gasteiger partial charge in [0.25, 0.3) is 0 Å². The third kappa shape index (κ3) is 6.37. The van der Waals surface area contributed by atoms with Crippen LogP contribution >= 0.6 is 0 Å². The van der Waals surface area contributed by atoms with Gasteiger partial charge in [-0.3, -0.25) is 4.79 Å². The Balaban J connectivity index is 0.00000242. The molecule has 2 rings (SSSR count). The van der Waals surface area contributed by atoms with Crippen LogP contribution in [0.1, 0.15) is 55.8 Å². The summed E-state index contributed by atoms with van der Waals surface area (Å²) in [5.74, 6) is 1.09. The zero-order valence-corrected chi connectivity index (χ0v) is 14.3. The van der Waals surface area contributed by atoms with E-state index in [-0.39, 0.29) is 18.2 Å². The highest BCUT2D eigenvalue weighted by molar-refractivity contribution is 5.96. The number of Topliss-reactive ketones (excluding diaryl/α,β-unsaturated/α-hetero) is 1. The molecule has 22 heavy (non-hydrogen) atoms. The highest BCUT2D eigenvalue weighted by Gasteiger charge is 2.12. The molecule has 1 aliphatic rings. The van der Waals surface area contributed by atoms with Crippen molar-refractivity contribution in [3.63, 3.8) is 0 Å². The number of benzene rings is 1. The standard InChI is InChI=1S/C18H27NO2.ClH/c1-2-3-15-21-17-9-7-16(8-10-17)18(20)11-14-19-12-5-4-6-13-19;/h7-10H,2-6,11-15H2,1H3;1H/p-1. The van der Waals surface area contributed by atoms with Gasteiger partial charge in [0.1, 0.15) is 5.75 Å². The molecule has 0 saturated carbocycles. The van der Waals surface area contributed by atoms with Crippen molar-refractivity contribution in [1.29, 1.82) is 0 Å². The van der Waals surface area contributed by atoms with E-state index in [0.717, 1.165) is 50.4 Å². The van der Waals surface area contributed by atoms with Crippen LogP contribution in [0.4, 0.5) is 0 Å². The van der Waals surface area contributed by atoms with E-state index in [0.29, 0.717) is 6.42 Å². The Bertz CT molecular complexity index is 427. The number of carbonyl (C=O) groups excluding carboxylic acids is 1. The van der Waals surface area contributed by atoms with E-state index in [1.807, 2.05) is 24.3 Å². The second kappa shape index (κ2) is 10.6. The molecule has 124 valence electrons. The summed E-state index contributed by atoms with van der Waals surface area (Å²) in [5, 5.41) is 0. The first-order valence-corrected chi connectivity index (χ1v) is 8.28. The first-order chi connectivity index (χ1) is 10.3. The van der Waals surface area contributed by atoms with Crippen LogP contribution in [0.2, 0.25) is 0 Å². The molecular formula is C18H27ClNO2-. The lowest BCUT2D eigenvalue weighted by molar-refractivity contribution is -0.0000130. The van der Waals surface area contributed by atoms with E-state index in [2.05, 4.69) is 11.8 Å². The van der Waals surface area contributed by atoms with Gasteiger partial charge in [0.15, 0.2) is 5.78 Å². The van der Waals surface area contributed by atoms with E-state index in [9.17, 15) is 4.79 Å². The molecule has 1 heterocycles. The molecule has 0 spiro atoms. The monoisotopic (exact) mass is 324 g/mol. The number of rotatable bonds is 8. The van der Waals surface area contributed by atoms with Crippen molar-refractivity contribution in [2.75, 3.05) is 26.2 Å². The topological polar surface area (TPSA) is 29.5 Å². The maximum absolute atomic E-state index is 12.2. The number of ether oxygens (including phenoxy) is 1. The van der Waals surface area contributed by atoms with Crippen molar-refractivity contribution in [3.8, 4) is 5.75 Å². The number of ketones is 1. The molecule has 0 aromatic heterocycles. The zero-order chi connectivity index (χ0) is 14.9. The Morgan fingerprint density at radius 2 is 1.82 bits per heavy atom. The molecule has 1 aromatic carbocycles. The van der Waals surface area contributed by atoms with Crippen LogP contribution < -0.4 is 17.1 Å². The average Bonchev–Trinajstić information content (AvgIpc) is 2.54. The van der Waals surface area contributed by atoms with Crippen molar-refractivity contribution < 1.29 is 21.9 Å². The Hall–Kier alpha value is -1.06. The predicted octanol–water partition coefficient (Wildman–Crippen LogP) is 0.928. The van der Waals surface area contributed by atoms with Crippen molar-refractivity contribution in [3.05, 3.63) is 29.8 Å². The molecule has 0 radical (unpaired) electrons. The summed E-state index contributed by atoms with van der Waals surface area (Å²) in [6.45, 7) is 6.09. The van der Waals surface area contributed by atoms with Gasteiger partial charge in [0.05, 0.1) is 6.61 Å². The summed E-state index contributed by atoms with van der Waals surface area (Å²) >= 11 is 0. The molecular weight excluding hydrogens is 298 g/mol. The maximum atomic E-state index is 12.2. The fourth-order valence-corrected chi connectivity index (χ4v) is 2.66. The SMILES string of the molecule is CCCCOc1ccc(C(=O)CCN2CCCCC2)cc1.[Cl-]. The van der Waals surface area contributed by atoms with Crippen molar-refractivity contribution in [2.45, 2.75) is 45.4 Å². The fraction of sp³-hybridized carbons (Fsp3) is 0.611. The third-order valence-electron chi connectivity index (χ3n) is 4.05. The Labute approximate surface area is 140 Å². The van der Waals surface area contributed by atoms with Gasteiger partial charge in [0.2, 0.25) is 0 Å². The molecule has 0 amide bonds. The van der Waals surface area contributed by atoms with Gasteiger partial charge < -0.3 is 22.0 Å².